The first-order valence-electron chi connectivity index (χ1n) is 19.1. The molecule has 1 aliphatic carbocycles. The lowest BCUT2D eigenvalue weighted by Gasteiger charge is -2.34. The third-order valence-corrected chi connectivity index (χ3v) is 11.7. The Morgan fingerprint density at radius 3 is 1.91 bits per heavy atom. The third kappa shape index (κ3) is 4.78. The summed E-state index contributed by atoms with van der Waals surface area (Å²) in [7, 11) is 0. The predicted octanol–water partition coefficient (Wildman–Crippen LogP) is 13.0. The molecule has 0 radical (unpaired) electrons. The number of allylic oxidation sites excluding steroid dienone is 1. The van der Waals surface area contributed by atoms with Gasteiger partial charge in [-0.3, -0.25) is 4.99 Å². The highest BCUT2D eigenvalue weighted by Crippen LogP contribution is 2.54. The molecule has 0 saturated carbocycles. The maximum absolute atomic E-state index is 5.74. The van der Waals surface area contributed by atoms with E-state index in [1.807, 2.05) is 0 Å². The van der Waals surface area contributed by atoms with Crippen molar-refractivity contribution in [1.82, 2.24) is 4.57 Å². The number of fused-ring (bicyclic) bond motifs is 8. The second-order valence-electron chi connectivity index (χ2n) is 14.7. The second kappa shape index (κ2) is 12.5. The maximum atomic E-state index is 5.74. The summed E-state index contributed by atoms with van der Waals surface area (Å²) < 4.78 is 2.43. The first-order chi connectivity index (χ1) is 27.3. The van der Waals surface area contributed by atoms with Gasteiger partial charge in [0.1, 0.15) is 0 Å². The van der Waals surface area contributed by atoms with Crippen molar-refractivity contribution in [3.05, 3.63) is 239 Å². The molecule has 0 atom stereocenters. The summed E-state index contributed by atoms with van der Waals surface area (Å²) >= 11 is 0. The maximum Gasteiger partial charge on any atom is 0.0901 e. The van der Waals surface area contributed by atoms with Crippen LogP contribution in [0, 0.1) is 0 Å². The van der Waals surface area contributed by atoms with Gasteiger partial charge in [0.15, 0.2) is 0 Å². The summed E-state index contributed by atoms with van der Waals surface area (Å²) in [5.74, 6) is 0. The highest BCUT2D eigenvalue weighted by molar-refractivity contribution is 6.23. The average Bonchev–Trinajstić information content (AvgIpc) is 3.79. The number of aliphatic imine (C=N–C) groups is 1. The number of benzene rings is 8. The van der Waals surface area contributed by atoms with E-state index < -0.39 is 5.41 Å². The first kappa shape index (κ1) is 31.5. The molecular weight excluding hydrogens is 665 g/mol. The van der Waals surface area contributed by atoms with Gasteiger partial charge in [0, 0.05) is 16.5 Å². The molecule has 55 heavy (non-hydrogen) atoms. The predicted molar refractivity (Wildman–Crippen MR) is 230 cm³/mol. The summed E-state index contributed by atoms with van der Waals surface area (Å²) in [6.07, 6.45) is 3.29. The lowest BCUT2D eigenvalue weighted by molar-refractivity contribution is 0.852. The topological polar surface area (TPSA) is 17.3 Å². The zero-order valence-electron chi connectivity index (χ0n) is 30.2. The average molecular weight is 701 g/mol. The van der Waals surface area contributed by atoms with Crippen LogP contribution >= 0.6 is 0 Å². The lowest BCUT2D eigenvalue weighted by atomic mass is 9.65. The van der Waals surface area contributed by atoms with Gasteiger partial charge >= 0.3 is 0 Å². The summed E-state index contributed by atoms with van der Waals surface area (Å²) in [5, 5.41) is 2.38. The molecule has 0 fully saturated rings. The molecule has 8 aromatic carbocycles. The zero-order valence-corrected chi connectivity index (χ0v) is 30.2. The molecule has 0 spiro atoms. The third-order valence-electron chi connectivity index (χ3n) is 11.7. The number of nitrogens with zero attached hydrogens (tertiary/aromatic N) is 2. The summed E-state index contributed by atoms with van der Waals surface area (Å²) in [5.41, 5.74) is 17.5. The van der Waals surface area contributed by atoms with Crippen LogP contribution in [-0.2, 0) is 11.8 Å². The van der Waals surface area contributed by atoms with Crippen molar-refractivity contribution in [3.63, 3.8) is 0 Å². The zero-order chi connectivity index (χ0) is 36.3. The van der Waals surface area contributed by atoms with Gasteiger partial charge in [0.2, 0.25) is 0 Å². The van der Waals surface area contributed by atoms with Gasteiger partial charge in [-0.25, -0.2) is 0 Å². The van der Waals surface area contributed by atoms with Crippen LogP contribution < -0.4 is 0 Å². The highest BCUT2D eigenvalue weighted by atomic mass is 15.0. The molecule has 2 heterocycles. The first-order valence-corrected chi connectivity index (χ1v) is 19.1. The van der Waals surface area contributed by atoms with E-state index in [-0.39, 0.29) is 0 Å². The summed E-state index contributed by atoms with van der Waals surface area (Å²) in [6, 6.07) is 72.7. The molecule has 9 aromatic rings. The molecule has 0 bridgehead atoms. The van der Waals surface area contributed by atoms with Crippen LogP contribution in [0.15, 0.2) is 205 Å². The Kier molecular flexibility index (Phi) is 7.18. The monoisotopic (exact) mass is 700 g/mol. The number of hydrogen-bond acceptors (Lipinski definition) is 1. The lowest BCUT2D eigenvalue weighted by Crippen LogP contribution is -2.36. The molecule has 1 aliphatic heterocycles. The molecule has 0 saturated heterocycles. The number of rotatable bonds is 5. The number of aromatic nitrogens is 1. The smallest absolute Gasteiger partial charge is 0.0901 e. The van der Waals surface area contributed by atoms with E-state index in [4.69, 9.17) is 4.99 Å². The Morgan fingerprint density at radius 1 is 0.509 bits per heavy atom. The van der Waals surface area contributed by atoms with E-state index in [1.54, 1.807) is 0 Å². The van der Waals surface area contributed by atoms with Crippen LogP contribution in [0.4, 0.5) is 5.69 Å². The minimum absolute atomic E-state index is 0.600. The van der Waals surface area contributed by atoms with Crippen LogP contribution in [0.1, 0.15) is 38.9 Å². The van der Waals surface area contributed by atoms with Crippen molar-refractivity contribution in [2.75, 3.05) is 0 Å². The molecular formula is C53H36N2. The van der Waals surface area contributed by atoms with Gasteiger partial charge in [-0.05, 0) is 86.3 Å². The van der Waals surface area contributed by atoms with Crippen molar-refractivity contribution >= 4 is 44.9 Å². The van der Waals surface area contributed by atoms with E-state index in [0.717, 1.165) is 34.6 Å². The van der Waals surface area contributed by atoms with E-state index in [2.05, 4.69) is 211 Å². The Bertz CT molecular complexity index is 2950. The van der Waals surface area contributed by atoms with Crippen LogP contribution in [0.3, 0.4) is 0 Å². The Labute approximate surface area is 321 Å². The standard InChI is InChI=1S/C53H36N2/c1-4-18-37(19-5-1)52-53(40-21-6-2-7-22-40,41-23-8-3-9-24-41)47-31-32-49-50(51(47)54-52)46-29-14-15-30-48(46)55(49)42-25-16-17-36(34-42)33-39-35-38-20-10-11-26-43(38)45-28-13-12-27-44(39)45/h1-34H,35H2. The van der Waals surface area contributed by atoms with E-state index in [0.29, 0.717) is 0 Å². The molecule has 2 heteroatoms. The minimum Gasteiger partial charge on any atom is -0.309 e. The molecule has 11 rings (SSSR count). The van der Waals surface area contributed by atoms with Gasteiger partial charge in [-0.2, -0.15) is 0 Å². The Morgan fingerprint density at radius 2 is 1.15 bits per heavy atom. The molecule has 0 unspecified atom stereocenters. The fourth-order valence-electron chi connectivity index (χ4n) is 9.39. The van der Waals surface area contributed by atoms with Crippen LogP contribution in [0.2, 0.25) is 0 Å². The Balaban J connectivity index is 1.15. The minimum atomic E-state index is -0.600. The summed E-state index contributed by atoms with van der Waals surface area (Å²) in [6.45, 7) is 0. The number of hydrogen-bond donors (Lipinski definition) is 0. The van der Waals surface area contributed by atoms with Crippen molar-refractivity contribution in [3.8, 4) is 16.8 Å². The summed E-state index contributed by atoms with van der Waals surface area (Å²) in [4.78, 5) is 5.74. The van der Waals surface area contributed by atoms with Crippen molar-refractivity contribution < 1.29 is 0 Å². The normalized spacial score (nSPS) is 14.8. The Hall–Kier alpha value is -7.03. The molecule has 258 valence electrons. The second-order valence-corrected chi connectivity index (χ2v) is 14.7. The van der Waals surface area contributed by atoms with Crippen molar-refractivity contribution in [2.45, 2.75) is 11.8 Å². The van der Waals surface area contributed by atoms with Crippen LogP contribution in [0.25, 0.3) is 50.3 Å². The molecule has 2 nitrogen and oxygen atoms in total. The highest BCUT2D eigenvalue weighted by Gasteiger charge is 2.48. The van der Waals surface area contributed by atoms with Gasteiger partial charge < -0.3 is 4.57 Å². The van der Waals surface area contributed by atoms with Gasteiger partial charge in [0.05, 0.1) is 27.8 Å². The van der Waals surface area contributed by atoms with E-state index in [9.17, 15) is 0 Å². The van der Waals surface area contributed by atoms with Crippen molar-refractivity contribution in [2.24, 2.45) is 4.99 Å². The largest absolute Gasteiger partial charge is 0.309 e. The van der Waals surface area contributed by atoms with Gasteiger partial charge in [-0.15, -0.1) is 0 Å². The molecule has 0 amide bonds. The van der Waals surface area contributed by atoms with E-state index in [1.165, 1.54) is 66.4 Å². The molecule has 1 aromatic heterocycles. The number of para-hydroxylation sites is 1. The molecule has 0 N–H and O–H groups in total. The van der Waals surface area contributed by atoms with Gasteiger partial charge in [-0.1, -0.05) is 182 Å². The van der Waals surface area contributed by atoms with E-state index >= 15 is 0 Å². The van der Waals surface area contributed by atoms with Gasteiger partial charge in [0.25, 0.3) is 0 Å². The molecule has 2 aliphatic rings. The quantitative estimate of drug-likeness (QED) is 0.170. The van der Waals surface area contributed by atoms with Crippen LogP contribution in [-0.4, -0.2) is 10.3 Å². The fraction of sp³-hybridized carbons (Fsp3) is 0.0377. The fourth-order valence-corrected chi connectivity index (χ4v) is 9.39. The van der Waals surface area contributed by atoms with Crippen molar-refractivity contribution in [1.29, 1.82) is 0 Å². The SMILES string of the molecule is C(=C1Cc2ccccc2-c2ccccc21)c1cccc(-n2c3ccccc3c3c4c(ccc32)C(c2ccccc2)(c2ccccc2)C(c2ccccc2)=N4)c1. The van der Waals surface area contributed by atoms with Crippen LogP contribution in [0.5, 0.6) is 0 Å².